The van der Waals surface area contributed by atoms with E-state index in [1.54, 1.807) is 52.5 Å². The molecule has 0 saturated carbocycles. The zero-order valence-electron chi connectivity index (χ0n) is 21.3. The van der Waals surface area contributed by atoms with Crippen LogP contribution in [0.15, 0.2) is 60.0 Å². The number of ether oxygens (including phenoxy) is 4. The van der Waals surface area contributed by atoms with Crippen LogP contribution in [0.2, 0.25) is 0 Å². The van der Waals surface area contributed by atoms with Crippen molar-refractivity contribution in [2.75, 3.05) is 38.9 Å². The third-order valence-corrected chi connectivity index (χ3v) is 7.35. The van der Waals surface area contributed by atoms with Crippen LogP contribution in [0.4, 0.5) is 10.5 Å². The summed E-state index contributed by atoms with van der Waals surface area (Å²) in [4.78, 5) is 31.5. The average Bonchev–Trinajstić information content (AvgIpc) is 3.71. The molecule has 3 aromatic rings. The first-order chi connectivity index (χ1) is 18.6. The SMILES string of the molecule is COc1ccc(NC(=O)N(CC(=O)N(Cc2ccc3c(c2)OCO3)Cc2cccs2)CC2CCCO2)cc1. The second-order valence-electron chi connectivity index (χ2n) is 9.19. The van der Waals surface area contributed by atoms with Crippen LogP contribution in [0.5, 0.6) is 17.2 Å². The van der Waals surface area contributed by atoms with E-state index < -0.39 is 0 Å². The Hall–Kier alpha value is -3.76. The minimum absolute atomic E-state index is 0.0717. The highest BCUT2D eigenvalue weighted by Crippen LogP contribution is 2.33. The van der Waals surface area contributed by atoms with E-state index in [2.05, 4.69) is 5.32 Å². The quantitative estimate of drug-likeness (QED) is 0.402. The van der Waals surface area contributed by atoms with Gasteiger partial charge in [-0.05, 0) is 66.2 Å². The highest BCUT2D eigenvalue weighted by molar-refractivity contribution is 7.09. The van der Waals surface area contributed by atoms with Crippen molar-refractivity contribution in [3.05, 3.63) is 70.4 Å². The number of hydrogen-bond donors (Lipinski definition) is 1. The third kappa shape index (κ3) is 6.56. The number of rotatable bonds is 10. The van der Waals surface area contributed by atoms with E-state index in [1.165, 1.54) is 0 Å². The lowest BCUT2D eigenvalue weighted by Gasteiger charge is -2.29. The molecule has 10 heteroatoms. The number of fused-ring (bicyclic) bond motifs is 1. The molecular weight excluding hydrogens is 506 g/mol. The van der Waals surface area contributed by atoms with E-state index in [-0.39, 0.29) is 31.4 Å². The van der Waals surface area contributed by atoms with Gasteiger partial charge in [-0.3, -0.25) is 4.79 Å². The Labute approximate surface area is 225 Å². The Balaban J connectivity index is 1.32. The number of carbonyl (C=O) groups excluding carboxylic acids is 2. The summed E-state index contributed by atoms with van der Waals surface area (Å²) in [5.41, 5.74) is 1.55. The number of methoxy groups -OCH3 is 1. The predicted octanol–water partition coefficient (Wildman–Crippen LogP) is 4.73. The Kier molecular flexibility index (Phi) is 8.30. The van der Waals surface area contributed by atoms with Crippen molar-refractivity contribution in [3.8, 4) is 17.2 Å². The van der Waals surface area contributed by atoms with Gasteiger partial charge in [0.25, 0.3) is 0 Å². The highest BCUT2D eigenvalue weighted by Gasteiger charge is 2.27. The molecule has 38 heavy (non-hydrogen) atoms. The molecule has 2 aliphatic rings. The summed E-state index contributed by atoms with van der Waals surface area (Å²) in [7, 11) is 1.59. The lowest BCUT2D eigenvalue weighted by Crippen LogP contribution is -2.46. The van der Waals surface area contributed by atoms with Gasteiger partial charge in [-0.2, -0.15) is 0 Å². The van der Waals surface area contributed by atoms with Gasteiger partial charge in [0, 0.05) is 30.3 Å². The number of anilines is 1. The van der Waals surface area contributed by atoms with Crippen LogP contribution in [0.1, 0.15) is 23.3 Å². The molecule has 1 saturated heterocycles. The fraction of sp³-hybridized carbons (Fsp3) is 0.357. The maximum Gasteiger partial charge on any atom is 0.322 e. The minimum Gasteiger partial charge on any atom is -0.497 e. The van der Waals surface area contributed by atoms with E-state index in [9.17, 15) is 9.59 Å². The fourth-order valence-electron chi connectivity index (χ4n) is 4.48. The van der Waals surface area contributed by atoms with Gasteiger partial charge in [0.2, 0.25) is 12.7 Å². The third-order valence-electron chi connectivity index (χ3n) is 6.49. The Morgan fingerprint density at radius 1 is 1.05 bits per heavy atom. The smallest absolute Gasteiger partial charge is 0.322 e. The number of nitrogens with zero attached hydrogens (tertiary/aromatic N) is 2. The molecular formula is C28H31N3O6S. The Morgan fingerprint density at radius 2 is 1.89 bits per heavy atom. The van der Waals surface area contributed by atoms with Gasteiger partial charge in [0.15, 0.2) is 11.5 Å². The van der Waals surface area contributed by atoms with Gasteiger partial charge >= 0.3 is 6.03 Å². The van der Waals surface area contributed by atoms with Crippen LogP contribution in [-0.2, 0) is 22.6 Å². The maximum absolute atomic E-state index is 13.7. The van der Waals surface area contributed by atoms with Crippen LogP contribution in [0.25, 0.3) is 0 Å². The van der Waals surface area contributed by atoms with Gasteiger partial charge in [-0.1, -0.05) is 12.1 Å². The summed E-state index contributed by atoms with van der Waals surface area (Å²) < 4.78 is 21.9. The molecule has 1 aromatic heterocycles. The Bertz CT molecular complexity index is 1230. The number of amides is 3. The minimum atomic E-state index is -0.349. The van der Waals surface area contributed by atoms with E-state index >= 15 is 0 Å². The molecule has 1 atom stereocenters. The molecule has 0 bridgehead atoms. The van der Waals surface area contributed by atoms with Gasteiger partial charge in [-0.15, -0.1) is 11.3 Å². The van der Waals surface area contributed by atoms with Crippen LogP contribution >= 0.6 is 11.3 Å². The van der Waals surface area contributed by atoms with Crippen LogP contribution in [0, 0.1) is 0 Å². The van der Waals surface area contributed by atoms with Crippen LogP contribution in [-0.4, -0.2) is 61.4 Å². The first kappa shape index (κ1) is 25.9. The van der Waals surface area contributed by atoms with Crippen molar-refractivity contribution in [3.63, 3.8) is 0 Å². The topological polar surface area (TPSA) is 89.6 Å². The summed E-state index contributed by atoms with van der Waals surface area (Å²) in [5, 5.41) is 4.90. The predicted molar refractivity (Wildman–Crippen MR) is 144 cm³/mol. The highest BCUT2D eigenvalue weighted by atomic mass is 32.1. The second-order valence-corrected chi connectivity index (χ2v) is 10.2. The molecule has 1 N–H and O–H groups in total. The number of thiophene rings is 1. The van der Waals surface area contributed by atoms with Crippen LogP contribution < -0.4 is 19.5 Å². The first-order valence-corrected chi connectivity index (χ1v) is 13.5. The molecule has 2 aromatic carbocycles. The Morgan fingerprint density at radius 3 is 2.63 bits per heavy atom. The number of benzene rings is 2. The summed E-state index contributed by atoms with van der Waals surface area (Å²) in [6, 6.07) is 16.4. The van der Waals surface area contributed by atoms with Crippen molar-refractivity contribution in [1.82, 2.24) is 9.80 Å². The van der Waals surface area contributed by atoms with Gasteiger partial charge in [0.1, 0.15) is 12.3 Å². The molecule has 0 spiro atoms. The summed E-state index contributed by atoms with van der Waals surface area (Å²) in [5.74, 6) is 1.91. The van der Waals surface area contributed by atoms with Crippen LogP contribution in [0.3, 0.4) is 0 Å². The van der Waals surface area contributed by atoms with E-state index in [0.717, 1.165) is 23.3 Å². The summed E-state index contributed by atoms with van der Waals surface area (Å²) in [6.07, 6.45) is 1.71. The van der Waals surface area contributed by atoms with Crippen molar-refractivity contribution >= 4 is 29.0 Å². The van der Waals surface area contributed by atoms with Crippen molar-refractivity contribution in [2.45, 2.75) is 32.0 Å². The molecule has 2 aliphatic heterocycles. The standard InChI is InChI=1S/C28H31N3O6S/c1-34-22-9-7-21(8-10-22)29-28(33)31(16-23-4-2-12-35-23)18-27(32)30(17-24-5-3-13-38-24)15-20-6-11-25-26(14-20)37-19-36-25/h3,5-11,13-14,23H,2,4,12,15-19H2,1H3,(H,29,33). The normalized spacial score (nSPS) is 15.8. The van der Waals surface area contributed by atoms with Crippen molar-refractivity contribution in [2.24, 2.45) is 0 Å². The number of hydrogen-bond acceptors (Lipinski definition) is 7. The zero-order valence-corrected chi connectivity index (χ0v) is 22.1. The maximum atomic E-state index is 13.7. The van der Waals surface area contributed by atoms with Gasteiger partial charge < -0.3 is 34.1 Å². The summed E-state index contributed by atoms with van der Waals surface area (Å²) in [6.45, 7) is 1.95. The van der Waals surface area contributed by atoms with Crippen molar-refractivity contribution < 1.29 is 28.5 Å². The van der Waals surface area contributed by atoms with E-state index in [4.69, 9.17) is 18.9 Å². The second kappa shape index (κ2) is 12.2. The number of urea groups is 1. The largest absolute Gasteiger partial charge is 0.497 e. The van der Waals surface area contributed by atoms with E-state index in [0.29, 0.717) is 49.2 Å². The van der Waals surface area contributed by atoms with E-state index in [1.807, 2.05) is 35.7 Å². The lowest BCUT2D eigenvalue weighted by atomic mass is 10.1. The summed E-state index contributed by atoms with van der Waals surface area (Å²) >= 11 is 1.59. The zero-order chi connectivity index (χ0) is 26.3. The molecule has 1 fully saturated rings. The number of carbonyl (C=O) groups is 2. The molecule has 5 rings (SSSR count). The molecule has 9 nitrogen and oxygen atoms in total. The fourth-order valence-corrected chi connectivity index (χ4v) is 5.20. The average molecular weight is 538 g/mol. The van der Waals surface area contributed by atoms with Gasteiger partial charge in [0.05, 0.1) is 19.8 Å². The molecule has 3 amide bonds. The molecule has 3 heterocycles. The molecule has 0 aliphatic carbocycles. The van der Waals surface area contributed by atoms with Crippen molar-refractivity contribution in [1.29, 1.82) is 0 Å². The molecule has 200 valence electrons. The number of nitrogens with one attached hydrogen (secondary N) is 1. The lowest BCUT2D eigenvalue weighted by molar-refractivity contribution is -0.133. The molecule has 0 radical (unpaired) electrons. The molecule has 1 unspecified atom stereocenters. The first-order valence-electron chi connectivity index (χ1n) is 12.6. The monoisotopic (exact) mass is 537 g/mol. The van der Waals surface area contributed by atoms with Gasteiger partial charge in [-0.25, -0.2) is 4.79 Å².